The first-order chi connectivity index (χ1) is 8.11. The van der Waals surface area contributed by atoms with E-state index in [2.05, 4.69) is 4.74 Å². The third-order valence-electron chi connectivity index (χ3n) is 2.19. The number of carbonyl (C=O) groups excluding carboxylic acids is 1. The van der Waals surface area contributed by atoms with Crippen molar-refractivity contribution in [3.05, 3.63) is 41.0 Å². The third kappa shape index (κ3) is 2.29. The van der Waals surface area contributed by atoms with Gasteiger partial charge in [-0.1, -0.05) is 12.1 Å². The molecule has 3 nitrogen and oxygen atoms in total. The highest BCUT2D eigenvalue weighted by Crippen LogP contribution is 2.36. The minimum absolute atomic E-state index is 0.117. The number of benzene rings is 1. The average molecular weight is 252 g/mol. The second-order valence-corrected chi connectivity index (χ2v) is 4.38. The number of rotatable bonds is 2. The number of halogens is 1. The van der Waals surface area contributed by atoms with Gasteiger partial charge in [-0.3, -0.25) is 0 Å². The Morgan fingerprint density at radius 3 is 2.82 bits per heavy atom. The molecule has 0 saturated heterocycles. The summed E-state index contributed by atoms with van der Waals surface area (Å²) >= 11 is 1.06. The van der Waals surface area contributed by atoms with Gasteiger partial charge in [-0.25, -0.2) is 9.18 Å². The van der Waals surface area contributed by atoms with E-state index in [0.29, 0.717) is 10.4 Å². The Labute approximate surface area is 101 Å². The summed E-state index contributed by atoms with van der Waals surface area (Å²) < 4.78 is 17.6. The van der Waals surface area contributed by atoms with Gasteiger partial charge in [-0.15, -0.1) is 11.3 Å². The number of methoxy groups -OCH3 is 1. The van der Waals surface area contributed by atoms with Gasteiger partial charge in [-0.2, -0.15) is 0 Å². The molecule has 0 amide bonds. The van der Waals surface area contributed by atoms with E-state index in [9.17, 15) is 14.3 Å². The van der Waals surface area contributed by atoms with Crippen LogP contribution >= 0.6 is 11.3 Å². The molecular weight excluding hydrogens is 243 g/mol. The summed E-state index contributed by atoms with van der Waals surface area (Å²) in [5.41, 5.74) is 0.612. The van der Waals surface area contributed by atoms with Crippen molar-refractivity contribution >= 4 is 17.3 Å². The van der Waals surface area contributed by atoms with Crippen molar-refractivity contribution in [3.63, 3.8) is 0 Å². The highest BCUT2D eigenvalue weighted by atomic mass is 32.1. The van der Waals surface area contributed by atoms with Crippen molar-refractivity contribution in [1.82, 2.24) is 0 Å². The second kappa shape index (κ2) is 4.55. The van der Waals surface area contributed by atoms with Crippen LogP contribution in [0.4, 0.5) is 4.39 Å². The maximum absolute atomic E-state index is 13.0. The predicted octanol–water partition coefficient (Wildman–Crippen LogP) is 3.05. The smallest absolute Gasteiger partial charge is 0.351 e. The highest BCUT2D eigenvalue weighted by Gasteiger charge is 2.17. The molecule has 0 saturated carbocycles. The molecule has 0 aliphatic rings. The van der Waals surface area contributed by atoms with Gasteiger partial charge >= 0.3 is 5.97 Å². The number of ether oxygens (including phenoxy) is 1. The summed E-state index contributed by atoms with van der Waals surface area (Å²) in [6, 6.07) is 7.37. The first-order valence-electron chi connectivity index (χ1n) is 4.79. The molecule has 1 aromatic carbocycles. The number of aromatic hydroxyl groups is 1. The van der Waals surface area contributed by atoms with E-state index >= 15 is 0 Å². The molecule has 0 atom stereocenters. The van der Waals surface area contributed by atoms with Gasteiger partial charge in [0.1, 0.15) is 11.6 Å². The van der Waals surface area contributed by atoms with Gasteiger partial charge in [0.25, 0.3) is 0 Å². The van der Waals surface area contributed by atoms with Crippen LogP contribution in [0.15, 0.2) is 30.3 Å². The molecule has 0 aliphatic heterocycles. The molecule has 5 heteroatoms. The standard InChI is InChI=1S/C12H9FO3S/c1-16-12(15)11-9(14)6-10(17-11)7-3-2-4-8(13)5-7/h2-6,14H,1H3. The van der Waals surface area contributed by atoms with Crippen LogP contribution in [0.3, 0.4) is 0 Å². The van der Waals surface area contributed by atoms with E-state index in [1.165, 1.54) is 25.3 Å². The lowest BCUT2D eigenvalue weighted by molar-refractivity contribution is 0.0603. The second-order valence-electron chi connectivity index (χ2n) is 3.33. The van der Waals surface area contributed by atoms with E-state index < -0.39 is 5.97 Å². The lowest BCUT2D eigenvalue weighted by Crippen LogP contribution is -1.97. The lowest BCUT2D eigenvalue weighted by atomic mass is 10.2. The number of thiophene rings is 1. The third-order valence-corrected chi connectivity index (χ3v) is 3.35. The lowest BCUT2D eigenvalue weighted by Gasteiger charge is -1.96. The van der Waals surface area contributed by atoms with Crippen molar-refractivity contribution in [2.45, 2.75) is 0 Å². The van der Waals surface area contributed by atoms with Crippen molar-refractivity contribution in [3.8, 4) is 16.2 Å². The molecule has 17 heavy (non-hydrogen) atoms. The maximum Gasteiger partial charge on any atom is 0.351 e. The van der Waals surface area contributed by atoms with E-state index in [-0.39, 0.29) is 16.4 Å². The molecule has 1 heterocycles. The van der Waals surface area contributed by atoms with Gasteiger partial charge in [0, 0.05) is 4.88 Å². The number of carbonyl (C=O) groups is 1. The molecule has 0 spiro atoms. The fraction of sp³-hybridized carbons (Fsp3) is 0.0833. The van der Waals surface area contributed by atoms with E-state index in [1.54, 1.807) is 12.1 Å². The summed E-state index contributed by atoms with van der Waals surface area (Å²) in [5.74, 6) is -1.12. The topological polar surface area (TPSA) is 46.5 Å². The Morgan fingerprint density at radius 1 is 1.41 bits per heavy atom. The minimum atomic E-state index is -0.602. The predicted molar refractivity (Wildman–Crippen MR) is 62.7 cm³/mol. The van der Waals surface area contributed by atoms with Crippen LogP contribution in [0.2, 0.25) is 0 Å². The summed E-state index contributed by atoms with van der Waals surface area (Å²) in [6.45, 7) is 0. The van der Waals surface area contributed by atoms with Gasteiger partial charge < -0.3 is 9.84 Å². The molecule has 0 fully saturated rings. The Balaban J connectivity index is 2.44. The zero-order chi connectivity index (χ0) is 12.4. The first kappa shape index (κ1) is 11.6. The first-order valence-corrected chi connectivity index (χ1v) is 5.60. The molecule has 88 valence electrons. The Morgan fingerprint density at radius 2 is 2.18 bits per heavy atom. The molecule has 2 rings (SSSR count). The number of hydrogen-bond donors (Lipinski definition) is 1. The average Bonchev–Trinajstić information content (AvgIpc) is 2.70. The van der Waals surface area contributed by atoms with Crippen LogP contribution in [0, 0.1) is 5.82 Å². The van der Waals surface area contributed by atoms with E-state index in [4.69, 9.17) is 0 Å². The van der Waals surface area contributed by atoms with Gasteiger partial charge in [0.05, 0.1) is 7.11 Å². The quantitative estimate of drug-likeness (QED) is 0.835. The molecular formula is C12H9FO3S. The summed E-state index contributed by atoms with van der Waals surface area (Å²) in [4.78, 5) is 12.0. The summed E-state index contributed by atoms with van der Waals surface area (Å²) in [7, 11) is 1.24. The van der Waals surface area contributed by atoms with Crippen molar-refractivity contribution in [2.75, 3.05) is 7.11 Å². The zero-order valence-electron chi connectivity index (χ0n) is 8.94. The normalized spacial score (nSPS) is 10.2. The van der Waals surface area contributed by atoms with E-state index in [1.807, 2.05) is 0 Å². The van der Waals surface area contributed by atoms with Crippen LogP contribution in [0.1, 0.15) is 9.67 Å². The Kier molecular flexibility index (Phi) is 3.10. The summed E-state index contributed by atoms with van der Waals surface area (Å²) in [6.07, 6.45) is 0. The fourth-order valence-electron chi connectivity index (χ4n) is 1.40. The molecule has 0 aliphatic carbocycles. The van der Waals surface area contributed by atoms with Gasteiger partial charge in [0.15, 0.2) is 4.88 Å². The minimum Gasteiger partial charge on any atom is -0.506 e. The SMILES string of the molecule is COC(=O)c1sc(-c2cccc(F)c2)cc1O. The Bertz CT molecular complexity index is 563. The van der Waals surface area contributed by atoms with Crippen LogP contribution in [-0.2, 0) is 4.74 Å². The monoisotopic (exact) mass is 252 g/mol. The molecule has 0 radical (unpaired) electrons. The van der Waals surface area contributed by atoms with Crippen LogP contribution in [0.5, 0.6) is 5.75 Å². The van der Waals surface area contributed by atoms with E-state index in [0.717, 1.165) is 11.3 Å². The summed E-state index contributed by atoms with van der Waals surface area (Å²) in [5, 5.41) is 9.58. The molecule has 0 bridgehead atoms. The Hall–Kier alpha value is -1.88. The van der Waals surface area contributed by atoms with Crippen molar-refractivity contribution < 1.29 is 19.0 Å². The van der Waals surface area contributed by atoms with Crippen LogP contribution < -0.4 is 0 Å². The van der Waals surface area contributed by atoms with Crippen LogP contribution in [0.25, 0.3) is 10.4 Å². The van der Waals surface area contributed by atoms with Crippen molar-refractivity contribution in [1.29, 1.82) is 0 Å². The fourth-order valence-corrected chi connectivity index (χ4v) is 2.37. The molecule has 1 N–H and O–H groups in total. The largest absolute Gasteiger partial charge is 0.506 e. The van der Waals surface area contributed by atoms with Crippen LogP contribution in [-0.4, -0.2) is 18.2 Å². The van der Waals surface area contributed by atoms with Gasteiger partial charge in [-0.05, 0) is 23.8 Å². The maximum atomic E-state index is 13.0. The van der Waals surface area contributed by atoms with Gasteiger partial charge in [0.2, 0.25) is 0 Å². The number of hydrogen-bond acceptors (Lipinski definition) is 4. The number of esters is 1. The van der Waals surface area contributed by atoms with Crippen molar-refractivity contribution in [2.24, 2.45) is 0 Å². The molecule has 1 aromatic heterocycles. The molecule has 0 unspecified atom stereocenters. The zero-order valence-corrected chi connectivity index (χ0v) is 9.75. The highest BCUT2D eigenvalue weighted by molar-refractivity contribution is 7.17. The molecule has 2 aromatic rings.